The highest BCUT2D eigenvalue weighted by Crippen LogP contribution is 2.20. The van der Waals surface area contributed by atoms with E-state index in [0.29, 0.717) is 24.0 Å². The predicted molar refractivity (Wildman–Crippen MR) is 99.2 cm³/mol. The summed E-state index contributed by atoms with van der Waals surface area (Å²) >= 11 is 0. The largest absolute Gasteiger partial charge is 0.484 e. The van der Waals surface area contributed by atoms with Crippen LogP contribution in [-0.2, 0) is 11.3 Å². The van der Waals surface area contributed by atoms with Crippen molar-refractivity contribution in [3.8, 4) is 11.6 Å². The molecule has 2 aromatic heterocycles. The molecule has 26 heavy (non-hydrogen) atoms. The van der Waals surface area contributed by atoms with Crippen LogP contribution in [0.25, 0.3) is 5.82 Å². The van der Waals surface area contributed by atoms with E-state index in [1.807, 2.05) is 42.6 Å². The Kier molecular flexibility index (Phi) is 5.63. The first kappa shape index (κ1) is 17.7. The molecule has 0 fully saturated rings. The molecule has 0 aliphatic carbocycles. The van der Waals surface area contributed by atoms with Crippen LogP contribution in [0.3, 0.4) is 0 Å². The molecule has 3 rings (SSSR count). The van der Waals surface area contributed by atoms with Gasteiger partial charge in [0, 0.05) is 30.7 Å². The van der Waals surface area contributed by atoms with Gasteiger partial charge in [-0.05, 0) is 35.7 Å². The maximum Gasteiger partial charge on any atom is 0.258 e. The molecular formula is C20H22N4O2. The SMILES string of the molecule is CC(C)c1cccc(OCC(=O)NCc2cccnc2-n2cccn2)c1. The van der Waals surface area contributed by atoms with Gasteiger partial charge in [0.1, 0.15) is 5.75 Å². The lowest BCUT2D eigenvalue weighted by Crippen LogP contribution is -2.29. The van der Waals surface area contributed by atoms with Crippen molar-refractivity contribution in [3.63, 3.8) is 0 Å². The highest BCUT2D eigenvalue weighted by molar-refractivity contribution is 5.77. The molecule has 1 aromatic carbocycles. The number of rotatable bonds is 7. The Bertz CT molecular complexity index is 860. The van der Waals surface area contributed by atoms with Gasteiger partial charge >= 0.3 is 0 Å². The molecule has 134 valence electrons. The normalized spacial score (nSPS) is 10.7. The van der Waals surface area contributed by atoms with E-state index in [2.05, 4.69) is 35.3 Å². The first-order valence-electron chi connectivity index (χ1n) is 8.57. The molecule has 1 amide bonds. The number of carbonyl (C=O) groups excluding carboxylic acids is 1. The summed E-state index contributed by atoms with van der Waals surface area (Å²) < 4.78 is 7.28. The number of nitrogens with one attached hydrogen (secondary N) is 1. The highest BCUT2D eigenvalue weighted by Gasteiger charge is 2.09. The van der Waals surface area contributed by atoms with E-state index < -0.39 is 0 Å². The molecular weight excluding hydrogens is 328 g/mol. The van der Waals surface area contributed by atoms with Crippen LogP contribution in [-0.4, -0.2) is 27.3 Å². The number of ether oxygens (including phenoxy) is 1. The van der Waals surface area contributed by atoms with Gasteiger partial charge in [-0.15, -0.1) is 0 Å². The Labute approximate surface area is 152 Å². The van der Waals surface area contributed by atoms with Crippen LogP contribution >= 0.6 is 0 Å². The molecule has 0 aliphatic rings. The lowest BCUT2D eigenvalue weighted by molar-refractivity contribution is -0.123. The number of benzene rings is 1. The second-order valence-electron chi connectivity index (χ2n) is 6.23. The maximum absolute atomic E-state index is 12.1. The van der Waals surface area contributed by atoms with Crippen molar-refractivity contribution in [2.75, 3.05) is 6.61 Å². The van der Waals surface area contributed by atoms with E-state index >= 15 is 0 Å². The van der Waals surface area contributed by atoms with Gasteiger partial charge in [-0.3, -0.25) is 4.79 Å². The monoisotopic (exact) mass is 350 g/mol. The molecule has 6 heteroatoms. The first-order chi connectivity index (χ1) is 12.6. The van der Waals surface area contributed by atoms with Crippen LogP contribution in [0.5, 0.6) is 5.75 Å². The van der Waals surface area contributed by atoms with Crippen LogP contribution in [0.1, 0.15) is 30.9 Å². The smallest absolute Gasteiger partial charge is 0.258 e. The molecule has 1 N–H and O–H groups in total. The Hall–Kier alpha value is -3.15. The van der Waals surface area contributed by atoms with Crippen LogP contribution in [0, 0.1) is 0 Å². The van der Waals surface area contributed by atoms with E-state index in [-0.39, 0.29) is 12.5 Å². The zero-order chi connectivity index (χ0) is 18.4. The fourth-order valence-electron chi connectivity index (χ4n) is 2.53. The molecule has 0 radical (unpaired) electrons. The summed E-state index contributed by atoms with van der Waals surface area (Å²) in [5.74, 6) is 1.63. The van der Waals surface area contributed by atoms with Crippen LogP contribution in [0.2, 0.25) is 0 Å². The third kappa shape index (κ3) is 4.47. The van der Waals surface area contributed by atoms with E-state index in [4.69, 9.17) is 4.74 Å². The third-order valence-corrected chi connectivity index (χ3v) is 3.96. The highest BCUT2D eigenvalue weighted by atomic mass is 16.5. The fourth-order valence-corrected chi connectivity index (χ4v) is 2.53. The quantitative estimate of drug-likeness (QED) is 0.711. The molecule has 0 saturated carbocycles. The summed E-state index contributed by atoms with van der Waals surface area (Å²) in [4.78, 5) is 16.5. The van der Waals surface area contributed by atoms with Gasteiger partial charge in [-0.2, -0.15) is 5.10 Å². The molecule has 0 spiro atoms. The van der Waals surface area contributed by atoms with Gasteiger partial charge in [-0.1, -0.05) is 32.0 Å². The number of pyridine rings is 1. The van der Waals surface area contributed by atoms with Gasteiger partial charge in [0.15, 0.2) is 12.4 Å². The summed E-state index contributed by atoms with van der Waals surface area (Å²) in [6.07, 6.45) is 5.21. The molecule has 0 aliphatic heterocycles. The van der Waals surface area contributed by atoms with Crippen LogP contribution in [0.4, 0.5) is 0 Å². The zero-order valence-corrected chi connectivity index (χ0v) is 14.9. The van der Waals surface area contributed by atoms with Crippen molar-refractivity contribution < 1.29 is 9.53 Å². The minimum Gasteiger partial charge on any atom is -0.484 e. The van der Waals surface area contributed by atoms with Gasteiger partial charge < -0.3 is 10.1 Å². The summed E-state index contributed by atoms with van der Waals surface area (Å²) in [7, 11) is 0. The number of hydrogen-bond donors (Lipinski definition) is 1. The molecule has 0 saturated heterocycles. The Morgan fingerprint density at radius 3 is 2.85 bits per heavy atom. The number of hydrogen-bond acceptors (Lipinski definition) is 4. The van der Waals surface area contributed by atoms with Gasteiger partial charge in [0.05, 0.1) is 0 Å². The number of amides is 1. The van der Waals surface area contributed by atoms with Gasteiger partial charge in [-0.25, -0.2) is 9.67 Å². The second-order valence-corrected chi connectivity index (χ2v) is 6.23. The molecule has 0 bridgehead atoms. The third-order valence-electron chi connectivity index (χ3n) is 3.96. The molecule has 3 aromatic rings. The minimum atomic E-state index is -0.185. The Morgan fingerprint density at radius 1 is 1.19 bits per heavy atom. The van der Waals surface area contributed by atoms with Crippen molar-refractivity contribution in [3.05, 3.63) is 72.2 Å². The minimum absolute atomic E-state index is 0.0289. The van der Waals surface area contributed by atoms with E-state index in [9.17, 15) is 4.79 Å². The Morgan fingerprint density at radius 2 is 2.08 bits per heavy atom. The number of carbonyl (C=O) groups is 1. The van der Waals surface area contributed by atoms with Crippen molar-refractivity contribution in [2.45, 2.75) is 26.3 Å². The van der Waals surface area contributed by atoms with Crippen LogP contribution < -0.4 is 10.1 Å². The lowest BCUT2D eigenvalue weighted by Gasteiger charge is -2.11. The summed E-state index contributed by atoms with van der Waals surface area (Å²) in [6, 6.07) is 13.4. The Balaban J connectivity index is 1.56. The van der Waals surface area contributed by atoms with E-state index in [1.54, 1.807) is 17.1 Å². The van der Waals surface area contributed by atoms with E-state index in [1.165, 1.54) is 5.56 Å². The zero-order valence-electron chi connectivity index (χ0n) is 14.9. The average molecular weight is 350 g/mol. The average Bonchev–Trinajstić information content (AvgIpc) is 3.19. The molecule has 2 heterocycles. The maximum atomic E-state index is 12.1. The molecule has 6 nitrogen and oxygen atoms in total. The van der Waals surface area contributed by atoms with Crippen molar-refractivity contribution in [1.82, 2.24) is 20.1 Å². The second kappa shape index (κ2) is 8.29. The van der Waals surface area contributed by atoms with Crippen molar-refractivity contribution >= 4 is 5.91 Å². The van der Waals surface area contributed by atoms with Crippen molar-refractivity contribution in [1.29, 1.82) is 0 Å². The summed E-state index contributed by atoms with van der Waals surface area (Å²) in [5.41, 5.74) is 2.06. The standard InChI is InChI=1S/C20H22N4O2/c1-15(2)16-6-3-8-18(12-16)26-14-19(25)22-13-17-7-4-9-21-20(17)24-11-5-10-23-24/h3-12,15H,13-14H2,1-2H3,(H,22,25). The molecule has 0 unspecified atom stereocenters. The molecule has 0 atom stereocenters. The first-order valence-corrected chi connectivity index (χ1v) is 8.57. The number of aromatic nitrogens is 3. The van der Waals surface area contributed by atoms with Crippen molar-refractivity contribution in [2.24, 2.45) is 0 Å². The van der Waals surface area contributed by atoms with Crippen LogP contribution in [0.15, 0.2) is 61.1 Å². The topological polar surface area (TPSA) is 69.0 Å². The van der Waals surface area contributed by atoms with E-state index in [0.717, 1.165) is 5.56 Å². The van der Waals surface area contributed by atoms with Gasteiger partial charge in [0.25, 0.3) is 5.91 Å². The fraction of sp³-hybridized carbons (Fsp3) is 0.250. The number of nitrogens with zero attached hydrogens (tertiary/aromatic N) is 3. The van der Waals surface area contributed by atoms with Gasteiger partial charge in [0.2, 0.25) is 0 Å². The lowest BCUT2D eigenvalue weighted by atomic mass is 10.0. The summed E-state index contributed by atoms with van der Waals surface area (Å²) in [6.45, 7) is 4.57. The summed E-state index contributed by atoms with van der Waals surface area (Å²) in [5, 5.41) is 7.05. The predicted octanol–water partition coefficient (Wildman–Crippen LogP) is 3.09.